The van der Waals surface area contributed by atoms with Gasteiger partial charge in [-0.1, -0.05) is 23.2 Å². The third kappa shape index (κ3) is 4.02. The van der Waals surface area contributed by atoms with Crippen molar-refractivity contribution in [1.82, 2.24) is 0 Å². The summed E-state index contributed by atoms with van der Waals surface area (Å²) in [6.45, 7) is 0. The van der Waals surface area contributed by atoms with Crippen LogP contribution in [-0.2, 0) is 0 Å². The van der Waals surface area contributed by atoms with E-state index >= 15 is 0 Å². The van der Waals surface area contributed by atoms with Crippen molar-refractivity contribution in [3.63, 3.8) is 0 Å². The number of rotatable bonds is 6. The fourth-order valence-corrected chi connectivity index (χ4v) is 2.51. The molecule has 24 heavy (non-hydrogen) atoms. The molecular formula is C18H16Cl2O4. The molecule has 0 aromatic heterocycles. The third-order valence-electron chi connectivity index (χ3n) is 3.34. The number of carbonyl (C=O) groups is 1. The molecule has 0 saturated heterocycles. The highest BCUT2D eigenvalue weighted by molar-refractivity contribution is 6.36. The zero-order chi connectivity index (χ0) is 17.7. The van der Waals surface area contributed by atoms with Crippen LogP contribution in [0.15, 0.2) is 36.4 Å². The largest absolute Gasteiger partial charge is 0.496 e. The van der Waals surface area contributed by atoms with E-state index in [4.69, 9.17) is 37.4 Å². The van der Waals surface area contributed by atoms with Crippen LogP contribution in [0.5, 0.6) is 17.2 Å². The summed E-state index contributed by atoms with van der Waals surface area (Å²) >= 11 is 12.0. The van der Waals surface area contributed by atoms with E-state index in [9.17, 15) is 4.79 Å². The van der Waals surface area contributed by atoms with Crippen molar-refractivity contribution in [2.75, 3.05) is 21.3 Å². The molecule has 0 radical (unpaired) electrons. The molecule has 0 unspecified atom stereocenters. The summed E-state index contributed by atoms with van der Waals surface area (Å²) in [5.74, 6) is 1.36. The van der Waals surface area contributed by atoms with E-state index in [-0.39, 0.29) is 5.78 Å². The number of methoxy groups -OCH3 is 3. The number of halogens is 2. The molecule has 2 rings (SSSR count). The van der Waals surface area contributed by atoms with E-state index in [0.29, 0.717) is 38.4 Å². The summed E-state index contributed by atoms with van der Waals surface area (Å²) in [6.07, 6.45) is 3.03. The molecule has 2 aromatic carbocycles. The normalized spacial score (nSPS) is 10.7. The maximum absolute atomic E-state index is 12.3. The van der Waals surface area contributed by atoms with E-state index < -0.39 is 0 Å². The Kier molecular flexibility index (Phi) is 6.12. The fourth-order valence-electron chi connectivity index (χ4n) is 2.12. The van der Waals surface area contributed by atoms with Crippen molar-refractivity contribution in [2.24, 2.45) is 0 Å². The first-order valence-corrected chi connectivity index (χ1v) is 7.73. The van der Waals surface area contributed by atoms with E-state index in [1.54, 1.807) is 30.3 Å². The van der Waals surface area contributed by atoms with Gasteiger partial charge < -0.3 is 14.2 Å². The van der Waals surface area contributed by atoms with Gasteiger partial charge in [0.2, 0.25) is 0 Å². The molecule has 0 aliphatic heterocycles. The number of benzene rings is 2. The first kappa shape index (κ1) is 18.2. The Morgan fingerprint density at radius 1 is 0.917 bits per heavy atom. The molecule has 0 bridgehead atoms. The Labute approximate surface area is 150 Å². The van der Waals surface area contributed by atoms with E-state index in [0.717, 1.165) is 0 Å². The lowest BCUT2D eigenvalue weighted by Gasteiger charge is -2.12. The number of allylic oxidation sites excluding steroid dienone is 1. The molecule has 0 saturated carbocycles. The van der Waals surface area contributed by atoms with Gasteiger partial charge in [0, 0.05) is 22.2 Å². The molecule has 126 valence electrons. The molecule has 0 spiro atoms. The number of ketones is 1. The molecular weight excluding hydrogens is 351 g/mol. The Bertz CT molecular complexity index is 785. The first-order valence-electron chi connectivity index (χ1n) is 6.97. The minimum Gasteiger partial charge on any atom is -0.496 e. The molecule has 0 aliphatic carbocycles. The SMILES string of the molecule is COc1cc(OC)c(OC)cc1/C=C/C(=O)c1cc(Cl)ccc1Cl. The molecule has 0 amide bonds. The van der Waals surface area contributed by atoms with Crippen molar-refractivity contribution in [3.8, 4) is 17.2 Å². The summed E-state index contributed by atoms with van der Waals surface area (Å²) in [5, 5.41) is 0.785. The number of carbonyl (C=O) groups excluding carboxylic acids is 1. The Balaban J connectivity index is 2.37. The fraction of sp³-hybridized carbons (Fsp3) is 0.167. The van der Waals surface area contributed by atoms with E-state index in [2.05, 4.69) is 0 Å². The lowest BCUT2D eigenvalue weighted by atomic mass is 10.1. The Hall–Kier alpha value is -2.17. The van der Waals surface area contributed by atoms with Crippen LogP contribution in [0, 0.1) is 0 Å². The molecule has 0 aliphatic rings. The van der Waals surface area contributed by atoms with Crippen molar-refractivity contribution < 1.29 is 19.0 Å². The van der Waals surface area contributed by atoms with Gasteiger partial charge in [0.25, 0.3) is 0 Å². The second-order valence-corrected chi connectivity index (χ2v) is 5.61. The standard InChI is InChI=1S/C18H16Cl2O4/c1-22-16-10-18(24-3)17(23-2)8-11(16)4-7-15(21)13-9-12(19)5-6-14(13)20/h4-10H,1-3H3/b7-4+. The predicted octanol–water partition coefficient (Wildman–Crippen LogP) is 4.92. The van der Waals surface area contributed by atoms with Crippen molar-refractivity contribution in [3.05, 3.63) is 57.6 Å². The van der Waals surface area contributed by atoms with Crippen molar-refractivity contribution in [2.45, 2.75) is 0 Å². The maximum Gasteiger partial charge on any atom is 0.187 e. The second-order valence-electron chi connectivity index (χ2n) is 4.77. The zero-order valence-corrected chi connectivity index (χ0v) is 14.9. The van der Waals surface area contributed by atoms with Crippen LogP contribution >= 0.6 is 23.2 Å². The average Bonchev–Trinajstić information content (AvgIpc) is 2.60. The molecule has 4 nitrogen and oxygen atoms in total. The summed E-state index contributed by atoms with van der Waals surface area (Å²) in [6, 6.07) is 8.16. The lowest BCUT2D eigenvalue weighted by molar-refractivity contribution is 0.104. The highest BCUT2D eigenvalue weighted by atomic mass is 35.5. The topological polar surface area (TPSA) is 44.8 Å². The number of ether oxygens (including phenoxy) is 3. The predicted molar refractivity (Wildman–Crippen MR) is 95.9 cm³/mol. The monoisotopic (exact) mass is 366 g/mol. The molecule has 2 aromatic rings. The van der Waals surface area contributed by atoms with E-state index in [1.165, 1.54) is 33.5 Å². The van der Waals surface area contributed by atoms with Crippen LogP contribution < -0.4 is 14.2 Å². The highest BCUT2D eigenvalue weighted by Crippen LogP contribution is 2.35. The molecule has 6 heteroatoms. The summed E-state index contributed by atoms with van der Waals surface area (Å²) < 4.78 is 15.8. The summed E-state index contributed by atoms with van der Waals surface area (Å²) in [7, 11) is 4.61. The molecule has 0 heterocycles. The smallest absolute Gasteiger partial charge is 0.187 e. The van der Waals surface area contributed by atoms with Gasteiger partial charge in [-0.3, -0.25) is 4.79 Å². The van der Waals surface area contributed by atoms with Crippen LogP contribution in [-0.4, -0.2) is 27.1 Å². The molecule has 0 atom stereocenters. The van der Waals surface area contributed by atoms with Crippen LogP contribution in [0.4, 0.5) is 0 Å². The Morgan fingerprint density at radius 3 is 2.17 bits per heavy atom. The maximum atomic E-state index is 12.3. The second kappa shape index (κ2) is 8.08. The van der Waals surface area contributed by atoms with Gasteiger partial charge >= 0.3 is 0 Å². The van der Waals surface area contributed by atoms with Gasteiger partial charge in [0.1, 0.15) is 5.75 Å². The van der Waals surface area contributed by atoms with Crippen LogP contribution in [0.2, 0.25) is 10.0 Å². The third-order valence-corrected chi connectivity index (χ3v) is 3.91. The van der Waals surface area contributed by atoms with Crippen LogP contribution in [0.1, 0.15) is 15.9 Å². The van der Waals surface area contributed by atoms with Gasteiger partial charge in [-0.15, -0.1) is 0 Å². The number of hydrogen-bond donors (Lipinski definition) is 0. The van der Waals surface area contributed by atoms with Crippen molar-refractivity contribution >= 4 is 35.1 Å². The first-order chi connectivity index (χ1) is 11.5. The number of hydrogen-bond acceptors (Lipinski definition) is 4. The molecule has 0 fully saturated rings. The van der Waals surface area contributed by atoms with Gasteiger partial charge in [0.15, 0.2) is 17.3 Å². The zero-order valence-electron chi connectivity index (χ0n) is 13.4. The van der Waals surface area contributed by atoms with Gasteiger partial charge in [0.05, 0.1) is 26.4 Å². The van der Waals surface area contributed by atoms with Crippen molar-refractivity contribution in [1.29, 1.82) is 0 Å². The quantitative estimate of drug-likeness (QED) is 0.537. The Morgan fingerprint density at radius 2 is 1.54 bits per heavy atom. The summed E-state index contributed by atoms with van der Waals surface area (Å²) in [4.78, 5) is 12.3. The minimum atomic E-state index is -0.265. The average molecular weight is 367 g/mol. The van der Waals surface area contributed by atoms with Gasteiger partial charge in [-0.05, 0) is 36.4 Å². The molecule has 0 N–H and O–H groups in total. The van der Waals surface area contributed by atoms with Gasteiger partial charge in [-0.25, -0.2) is 0 Å². The minimum absolute atomic E-state index is 0.265. The highest BCUT2D eigenvalue weighted by Gasteiger charge is 2.12. The van der Waals surface area contributed by atoms with Crippen LogP contribution in [0.25, 0.3) is 6.08 Å². The van der Waals surface area contributed by atoms with Gasteiger partial charge in [-0.2, -0.15) is 0 Å². The van der Waals surface area contributed by atoms with E-state index in [1.807, 2.05) is 0 Å². The van der Waals surface area contributed by atoms with Crippen LogP contribution in [0.3, 0.4) is 0 Å². The lowest BCUT2D eigenvalue weighted by Crippen LogP contribution is -1.97. The summed E-state index contributed by atoms with van der Waals surface area (Å²) in [5.41, 5.74) is 1.00.